The average molecular weight is 398 g/mol. The molecule has 4 heteroatoms. The first-order chi connectivity index (χ1) is 9.61. The molecule has 1 atom stereocenters. The zero-order chi connectivity index (χ0) is 14.5. The van der Waals surface area contributed by atoms with Crippen LogP contribution in [0.3, 0.4) is 0 Å². The Bertz CT molecular complexity index is 567. The fourth-order valence-corrected chi connectivity index (χ4v) is 2.89. The highest BCUT2D eigenvalue weighted by atomic mass is 79.9. The summed E-state index contributed by atoms with van der Waals surface area (Å²) in [7, 11) is 0. The predicted octanol–water partition coefficient (Wildman–Crippen LogP) is 4.81. The lowest BCUT2D eigenvalue weighted by atomic mass is 9.97. The Morgan fingerprint density at radius 3 is 2.65 bits per heavy atom. The van der Waals surface area contributed by atoms with E-state index in [9.17, 15) is 0 Å². The second kappa shape index (κ2) is 7.34. The minimum Gasteiger partial charge on any atom is -0.310 e. The highest BCUT2D eigenvalue weighted by Crippen LogP contribution is 2.26. The largest absolute Gasteiger partial charge is 0.310 e. The summed E-state index contributed by atoms with van der Waals surface area (Å²) >= 11 is 7.03. The molecule has 2 aromatic rings. The molecule has 2 nitrogen and oxygen atoms in total. The summed E-state index contributed by atoms with van der Waals surface area (Å²) in [5, 5.41) is 3.56. The van der Waals surface area contributed by atoms with E-state index >= 15 is 0 Å². The van der Waals surface area contributed by atoms with Crippen LogP contribution >= 0.6 is 31.9 Å². The lowest BCUT2D eigenvalue weighted by molar-refractivity contribution is 0.541. The average Bonchev–Trinajstić information content (AvgIpc) is 2.44. The van der Waals surface area contributed by atoms with Crippen molar-refractivity contribution in [3.63, 3.8) is 0 Å². The molecule has 0 spiro atoms. The lowest BCUT2D eigenvalue weighted by Gasteiger charge is -2.21. The molecule has 0 aliphatic heterocycles. The summed E-state index contributed by atoms with van der Waals surface area (Å²) in [5.41, 5.74) is 3.71. The first-order valence-corrected chi connectivity index (χ1v) is 8.29. The van der Waals surface area contributed by atoms with Gasteiger partial charge in [-0.25, -0.2) is 0 Å². The van der Waals surface area contributed by atoms with Gasteiger partial charge in [0.15, 0.2) is 0 Å². The van der Waals surface area contributed by atoms with Gasteiger partial charge in [0.2, 0.25) is 0 Å². The van der Waals surface area contributed by atoms with Gasteiger partial charge in [0.1, 0.15) is 0 Å². The molecule has 0 radical (unpaired) electrons. The molecule has 0 bridgehead atoms. The summed E-state index contributed by atoms with van der Waals surface area (Å²) in [4.78, 5) is 4.48. The van der Waals surface area contributed by atoms with Crippen molar-refractivity contribution in [2.24, 2.45) is 0 Å². The number of hydrogen-bond acceptors (Lipinski definition) is 2. The third kappa shape index (κ3) is 3.90. The van der Waals surface area contributed by atoms with E-state index in [1.165, 1.54) is 11.1 Å². The predicted molar refractivity (Wildman–Crippen MR) is 90.9 cm³/mol. The third-order valence-corrected chi connectivity index (χ3v) is 4.67. The van der Waals surface area contributed by atoms with Gasteiger partial charge < -0.3 is 5.32 Å². The molecule has 2 rings (SSSR count). The number of halogens is 2. The van der Waals surface area contributed by atoms with E-state index in [0.717, 1.165) is 27.6 Å². The number of hydrogen-bond donors (Lipinski definition) is 1. The van der Waals surface area contributed by atoms with Gasteiger partial charge >= 0.3 is 0 Å². The Kier molecular flexibility index (Phi) is 5.75. The van der Waals surface area contributed by atoms with Gasteiger partial charge in [-0.2, -0.15) is 0 Å². The molecule has 0 saturated heterocycles. The molecule has 0 fully saturated rings. The van der Waals surface area contributed by atoms with Crippen molar-refractivity contribution >= 4 is 31.9 Å². The number of rotatable bonds is 5. The molecule has 1 aromatic heterocycles. The maximum absolute atomic E-state index is 4.48. The third-order valence-electron chi connectivity index (χ3n) is 3.34. The second-order valence-corrected chi connectivity index (χ2v) is 6.51. The van der Waals surface area contributed by atoms with E-state index in [-0.39, 0.29) is 6.04 Å². The molecule has 0 amide bonds. The zero-order valence-corrected chi connectivity index (χ0v) is 14.8. The van der Waals surface area contributed by atoms with E-state index < -0.39 is 0 Å². The minimum absolute atomic E-state index is 0.283. The molecular weight excluding hydrogens is 380 g/mol. The van der Waals surface area contributed by atoms with Crippen LogP contribution in [0.2, 0.25) is 0 Å². The summed E-state index contributed by atoms with van der Waals surface area (Å²) in [6.07, 6.45) is 2.74. The standard InChI is InChI=1S/C16H18Br2N2/c1-3-19-16(9-13-8-7-12(17)10-20-13)14-5-4-6-15(18)11(14)2/h4-8,10,16,19H,3,9H2,1-2H3. The highest BCUT2D eigenvalue weighted by Gasteiger charge is 2.15. The van der Waals surface area contributed by atoms with Crippen molar-refractivity contribution in [3.05, 3.63) is 62.3 Å². The van der Waals surface area contributed by atoms with Gasteiger partial charge in [-0.3, -0.25) is 4.98 Å². The SMILES string of the molecule is CCNC(Cc1ccc(Br)cn1)c1cccc(Br)c1C. The van der Waals surface area contributed by atoms with Crippen LogP contribution in [0.15, 0.2) is 45.5 Å². The fraction of sp³-hybridized carbons (Fsp3) is 0.312. The number of pyridine rings is 1. The quantitative estimate of drug-likeness (QED) is 0.782. The van der Waals surface area contributed by atoms with Crippen LogP contribution < -0.4 is 5.32 Å². The number of nitrogens with one attached hydrogen (secondary N) is 1. The number of aromatic nitrogens is 1. The number of nitrogens with zero attached hydrogens (tertiary/aromatic N) is 1. The Morgan fingerprint density at radius 1 is 1.20 bits per heavy atom. The van der Waals surface area contributed by atoms with Crippen molar-refractivity contribution in [1.82, 2.24) is 10.3 Å². The van der Waals surface area contributed by atoms with Crippen molar-refractivity contribution in [3.8, 4) is 0 Å². The van der Waals surface area contributed by atoms with E-state index in [1.807, 2.05) is 12.3 Å². The fourth-order valence-electron chi connectivity index (χ4n) is 2.28. The van der Waals surface area contributed by atoms with Crippen LogP contribution in [0.25, 0.3) is 0 Å². The zero-order valence-electron chi connectivity index (χ0n) is 11.7. The molecule has 0 aliphatic carbocycles. The van der Waals surface area contributed by atoms with Gasteiger partial charge in [-0.15, -0.1) is 0 Å². The van der Waals surface area contributed by atoms with Gasteiger partial charge in [-0.1, -0.05) is 35.0 Å². The van der Waals surface area contributed by atoms with E-state index in [4.69, 9.17) is 0 Å². The maximum Gasteiger partial charge on any atom is 0.0423 e. The van der Waals surface area contributed by atoms with Crippen LogP contribution in [-0.4, -0.2) is 11.5 Å². The summed E-state index contributed by atoms with van der Waals surface area (Å²) < 4.78 is 2.17. The Balaban J connectivity index is 2.26. The van der Waals surface area contributed by atoms with E-state index in [2.05, 4.69) is 80.3 Å². The van der Waals surface area contributed by atoms with Crippen LogP contribution in [0, 0.1) is 6.92 Å². The topological polar surface area (TPSA) is 24.9 Å². The molecule has 1 heterocycles. The first-order valence-electron chi connectivity index (χ1n) is 6.70. The molecule has 106 valence electrons. The van der Waals surface area contributed by atoms with Crippen molar-refractivity contribution < 1.29 is 0 Å². The normalized spacial score (nSPS) is 12.4. The molecule has 1 aromatic carbocycles. The van der Waals surface area contributed by atoms with Crippen molar-refractivity contribution in [1.29, 1.82) is 0 Å². The molecule has 0 saturated carbocycles. The molecule has 1 N–H and O–H groups in total. The molecule has 20 heavy (non-hydrogen) atoms. The minimum atomic E-state index is 0.283. The van der Waals surface area contributed by atoms with Gasteiger partial charge in [0, 0.05) is 33.3 Å². The summed E-state index contributed by atoms with van der Waals surface area (Å²) in [6, 6.07) is 10.8. The summed E-state index contributed by atoms with van der Waals surface area (Å²) in [5.74, 6) is 0. The van der Waals surface area contributed by atoms with Crippen LogP contribution in [0.1, 0.15) is 29.8 Å². The van der Waals surface area contributed by atoms with Crippen LogP contribution in [0.5, 0.6) is 0 Å². The Labute approximate surface area is 137 Å². The summed E-state index contributed by atoms with van der Waals surface area (Å²) in [6.45, 7) is 5.22. The first kappa shape index (κ1) is 15.7. The van der Waals surface area contributed by atoms with E-state index in [0.29, 0.717) is 0 Å². The monoisotopic (exact) mass is 396 g/mol. The van der Waals surface area contributed by atoms with Crippen molar-refractivity contribution in [2.45, 2.75) is 26.3 Å². The van der Waals surface area contributed by atoms with Gasteiger partial charge in [-0.05, 0) is 58.7 Å². The Hall–Kier alpha value is -0.710. The molecular formula is C16H18Br2N2. The second-order valence-electron chi connectivity index (χ2n) is 4.74. The Morgan fingerprint density at radius 2 is 2.00 bits per heavy atom. The smallest absolute Gasteiger partial charge is 0.0423 e. The number of benzene rings is 1. The van der Waals surface area contributed by atoms with Crippen molar-refractivity contribution in [2.75, 3.05) is 6.54 Å². The van der Waals surface area contributed by atoms with Crippen LogP contribution in [0.4, 0.5) is 0 Å². The highest BCUT2D eigenvalue weighted by molar-refractivity contribution is 9.10. The van der Waals surface area contributed by atoms with Gasteiger partial charge in [0.05, 0.1) is 0 Å². The lowest BCUT2D eigenvalue weighted by Crippen LogP contribution is -2.24. The maximum atomic E-state index is 4.48. The van der Waals surface area contributed by atoms with Gasteiger partial charge in [0.25, 0.3) is 0 Å². The number of likely N-dealkylation sites (N-methyl/N-ethyl adjacent to an activating group) is 1. The molecule has 1 unspecified atom stereocenters. The molecule has 0 aliphatic rings. The van der Waals surface area contributed by atoms with Crippen LogP contribution in [-0.2, 0) is 6.42 Å². The van der Waals surface area contributed by atoms with E-state index in [1.54, 1.807) is 0 Å².